The minimum Gasteiger partial charge on any atom is -0.316 e. The maximum absolute atomic E-state index is 12.9. The molecule has 0 aliphatic rings. The third kappa shape index (κ3) is 5.03. The summed E-state index contributed by atoms with van der Waals surface area (Å²) in [6.07, 6.45) is 3.97. The van der Waals surface area contributed by atoms with Gasteiger partial charge in [0.25, 0.3) is 17.2 Å². The van der Waals surface area contributed by atoms with Gasteiger partial charge in [-0.15, -0.1) is 0 Å². The van der Waals surface area contributed by atoms with Crippen LogP contribution < -0.4 is 11.0 Å². The summed E-state index contributed by atoms with van der Waals surface area (Å²) in [4.78, 5) is 36.2. The molecular formula is C26H21N7O4. The smallest absolute Gasteiger partial charge is 0.292 e. The van der Waals surface area contributed by atoms with Crippen molar-refractivity contribution in [1.82, 2.24) is 19.8 Å². The zero-order valence-electron chi connectivity index (χ0n) is 20.0. The molecule has 11 heteroatoms. The number of non-ortho nitro benzene ring substituents is 1. The molecule has 1 N–H and O–H groups in total. The largest absolute Gasteiger partial charge is 0.316 e. The molecule has 2 heterocycles. The van der Waals surface area contributed by atoms with Gasteiger partial charge in [0.05, 0.1) is 22.5 Å². The molecule has 184 valence electrons. The van der Waals surface area contributed by atoms with Gasteiger partial charge in [0, 0.05) is 29.6 Å². The number of nitriles is 1. The first-order valence-electron chi connectivity index (χ1n) is 11.2. The number of nitro benzene ring substituents is 1. The topological polar surface area (TPSA) is 148 Å². The van der Waals surface area contributed by atoms with Crippen LogP contribution in [0.2, 0.25) is 0 Å². The van der Waals surface area contributed by atoms with Gasteiger partial charge in [-0.05, 0) is 55.3 Å². The quantitative estimate of drug-likeness (QED) is 0.236. The SMILES string of the molecule is CCc1ccc(-n2nc(C(=O)N/N=C\c3cccn3-c3ccc([N+](=O)[O-])cc3)c(C)c(C#N)c2=O)cc1. The van der Waals surface area contributed by atoms with Gasteiger partial charge >= 0.3 is 0 Å². The molecule has 0 saturated heterocycles. The molecule has 0 spiro atoms. The number of carbonyl (C=O) groups is 1. The first kappa shape index (κ1) is 24.7. The van der Waals surface area contributed by atoms with Crippen LogP contribution in [0, 0.1) is 28.4 Å². The summed E-state index contributed by atoms with van der Waals surface area (Å²) in [5.41, 5.74) is 4.35. The second-order valence-corrected chi connectivity index (χ2v) is 7.97. The van der Waals surface area contributed by atoms with Crippen LogP contribution in [-0.4, -0.2) is 31.4 Å². The monoisotopic (exact) mass is 495 g/mol. The summed E-state index contributed by atoms with van der Waals surface area (Å²) in [6, 6.07) is 18.5. The fourth-order valence-electron chi connectivity index (χ4n) is 3.68. The number of hydrogen-bond acceptors (Lipinski definition) is 7. The molecule has 0 aliphatic carbocycles. The summed E-state index contributed by atoms with van der Waals surface area (Å²) in [5, 5.41) is 28.7. The van der Waals surface area contributed by atoms with Gasteiger partial charge in [0.2, 0.25) is 0 Å². The highest BCUT2D eigenvalue weighted by atomic mass is 16.6. The van der Waals surface area contributed by atoms with E-state index in [2.05, 4.69) is 15.6 Å². The number of hydrogen-bond donors (Lipinski definition) is 1. The van der Waals surface area contributed by atoms with E-state index in [0.717, 1.165) is 16.7 Å². The number of benzene rings is 2. The Morgan fingerprint density at radius 3 is 2.46 bits per heavy atom. The van der Waals surface area contributed by atoms with Gasteiger partial charge in [-0.25, -0.2) is 5.43 Å². The molecule has 37 heavy (non-hydrogen) atoms. The van der Waals surface area contributed by atoms with Crippen molar-refractivity contribution in [3.05, 3.63) is 115 Å². The molecule has 0 radical (unpaired) electrons. The van der Waals surface area contributed by atoms with Crippen LogP contribution >= 0.6 is 0 Å². The predicted molar refractivity (Wildman–Crippen MR) is 136 cm³/mol. The lowest BCUT2D eigenvalue weighted by Crippen LogP contribution is -2.31. The van der Waals surface area contributed by atoms with Crippen LogP contribution in [0.4, 0.5) is 5.69 Å². The molecule has 4 aromatic rings. The van der Waals surface area contributed by atoms with Gasteiger partial charge in [-0.3, -0.25) is 19.7 Å². The fourth-order valence-corrected chi connectivity index (χ4v) is 3.68. The van der Waals surface area contributed by atoms with E-state index in [1.807, 2.05) is 25.1 Å². The standard InChI is InChI=1S/C26H21N7O4/c1-3-18-6-8-20(9-7-18)32-26(35)23(15-27)17(2)24(30-32)25(34)29-28-16-22-5-4-14-31(22)19-10-12-21(13-11-19)33(36)37/h4-14,16H,3H2,1-2H3,(H,29,34)/b28-16-. The van der Waals surface area contributed by atoms with Crippen LogP contribution in [0.15, 0.2) is 76.8 Å². The van der Waals surface area contributed by atoms with Crippen LogP contribution in [-0.2, 0) is 6.42 Å². The number of carbonyl (C=O) groups excluding carboxylic acids is 1. The maximum Gasteiger partial charge on any atom is 0.292 e. The summed E-state index contributed by atoms with van der Waals surface area (Å²) >= 11 is 0. The Kier molecular flexibility index (Phi) is 7.02. The molecule has 2 aromatic heterocycles. The molecule has 0 fully saturated rings. The second kappa shape index (κ2) is 10.5. The highest BCUT2D eigenvalue weighted by Crippen LogP contribution is 2.17. The van der Waals surface area contributed by atoms with Crippen molar-refractivity contribution in [3.8, 4) is 17.4 Å². The lowest BCUT2D eigenvalue weighted by atomic mass is 10.1. The number of nitrogens with zero attached hydrogens (tertiary/aromatic N) is 6. The minimum absolute atomic E-state index is 0.0272. The fraction of sp³-hybridized carbons (Fsp3) is 0.115. The van der Waals surface area contributed by atoms with E-state index in [1.54, 1.807) is 47.2 Å². The number of nitrogens with one attached hydrogen (secondary N) is 1. The molecule has 4 rings (SSSR count). The molecule has 0 atom stereocenters. The van der Waals surface area contributed by atoms with Gasteiger partial charge in [-0.2, -0.15) is 20.1 Å². The number of hydrazone groups is 1. The predicted octanol–water partition coefficient (Wildman–Crippen LogP) is 3.44. The maximum atomic E-state index is 12.9. The van der Waals surface area contributed by atoms with Crippen LogP contribution in [0.3, 0.4) is 0 Å². The summed E-state index contributed by atoms with van der Waals surface area (Å²) < 4.78 is 2.76. The average Bonchev–Trinajstić information content (AvgIpc) is 3.37. The Balaban J connectivity index is 1.60. The van der Waals surface area contributed by atoms with Gasteiger partial charge in [0.1, 0.15) is 11.6 Å². The van der Waals surface area contributed by atoms with E-state index in [1.165, 1.54) is 25.3 Å². The lowest BCUT2D eigenvalue weighted by molar-refractivity contribution is -0.384. The van der Waals surface area contributed by atoms with Crippen molar-refractivity contribution in [2.24, 2.45) is 5.10 Å². The van der Waals surface area contributed by atoms with E-state index in [9.17, 15) is 25.0 Å². The number of rotatable bonds is 7. The Morgan fingerprint density at radius 2 is 1.84 bits per heavy atom. The van der Waals surface area contributed by atoms with Gasteiger partial charge in [0.15, 0.2) is 5.69 Å². The molecule has 1 amide bonds. The van der Waals surface area contributed by atoms with Crippen LogP contribution in [0.1, 0.15) is 39.8 Å². The third-order valence-corrected chi connectivity index (χ3v) is 5.73. The zero-order chi connectivity index (χ0) is 26.5. The van der Waals surface area contributed by atoms with Gasteiger partial charge in [-0.1, -0.05) is 19.1 Å². The molecule has 0 bridgehead atoms. The summed E-state index contributed by atoms with van der Waals surface area (Å²) in [5.74, 6) is -0.697. The van der Waals surface area contributed by atoms with Crippen molar-refractivity contribution in [2.45, 2.75) is 20.3 Å². The van der Waals surface area contributed by atoms with Crippen LogP contribution in [0.5, 0.6) is 0 Å². The summed E-state index contributed by atoms with van der Waals surface area (Å²) in [7, 11) is 0. The zero-order valence-corrected chi connectivity index (χ0v) is 20.0. The molecular weight excluding hydrogens is 474 g/mol. The molecule has 0 saturated carbocycles. The second-order valence-electron chi connectivity index (χ2n) is 7.97. The number of aryl methyl sites for hydroxylation is 1. The number of aromatic nitrogens is 3. The van der Waals surface area contributed by atoms with E-state index >= 15 is 0 Å². The third-order valence-electron chi connectivity index (χ3n) is 5.73. The molecule has 0 aliphatic heterocycles. The van der Waals surface area contributed by atoms with E-state index in [4.69, 9.17) is 0 Å². The van der Waals surface area contributed by atoms with Crippen molar-refractivity contribution < 1.29 is 9.72 Å². The van der Waals surface area contributed by atoms with Crippen molar-refractivity contribution in [2.75, 3.05) is 0 Å². The Labute approximate surface area is 211 Å². The molecule has 0 unspecified atom stereocenters. The minimum atomic E-state index is -0.697. The average molecular weight is 495 g/mol. The Morgan fingerprint density at radius 1 is 1.16 bits per heavy atom. The van der Waals surface area contributed by atoms with Crippen LogP contribution in [0.25, 0.3) is 11.4 Å². The van der Waals surface area contributed by atoms with E-state index in [0.29, 0.717) is 17.1 Å². The normalized spacial score (nSPS) is 10.8. The lowest BCUT2D eigenvalue weighted by Gasteiger charge is -2.11. The van der Waals surface area contributed by atoms with Crippen molar-refractivity contribution in [1.29, 1.82) is 5.26 Å². The summed E-state index contributed by atoms with van der Waals surface area (Å²) in [6.45, 7) is 3.49. The van der Waals surface area contributed by atoms with Gasteiger partial charge < -0.3 is 4.57 Å². The highest BCUT2D eigenvalue weighted by Gasteiger charge is 2.20. The Bertz CT molecular complexity index is 1610. The first-order chi connectivity index (χ1) is 17.8. The highest BCUT2D eigenvalue weighted by molar-refractivity contribution is 5.94. The van der Waals surface area contributed by atoms with E-state index < -0.39 is 16.4 Å². The van der Waals surface area contributed by atoms with Crippen molar-refractivity contribution in [3.63, 3.8) is 0 Å². The number of amides is 1. The number of nitro groups is 1. The molecule has 2 aromatic carbocycles. The molecule has 11 nitrogen and oxygen atoms in total. The van der Waals surface area contributed by atoms with Crippen molar-refractivity contribution >= 4 is 17.8 Å². The first-order valence-corrected chi connectivity index (χ1v) is 11.2. The Hall–Kier alpha value is -5.37. The van der Waals surface area contributed by atoms with E-state index in [-0.39, 0.29) is 22.5 Å².